The number of nitrogens with zero attached hydrogens (tertiary/aromatic N) is 3. The predicted octanol–water partition coefficient (Wildman–Crippen LogP) is 2.89. The molecule has 0 saturated carbocycles. The molecule has 3 heterocycles. The van der Waals surface area contributed by atoms with Crippen LogP contribution in [-0.4, -0.2) is 35.0 Å². The highest BCUT2D eigenvalue weighted by Gasteiger charge is 2.32. The van der Waals surface area contributed by atoms with E-state index in [1.807, 2.05) is 36.9 Å². The first-order valence-electron chi connectivity index (χ1n) is 7.50. The third-order valence-electron chi connectivity index (χ3n) is 4.37. The molecule has 4 nitrogen and oxygen atoms in total. The number of hydrogen-bond acceptors (Lipinski definition) is 4. The van der Waals surface area contributed by atoms with Gasteiger partial charge in [0, 0.05) is 43.1 Å². The SMILES string of the molecule is Cc1cnccc1NC[C@@H]1CCN(C)[C@H]1c1cccnc1. The number of pyridine rings is 2. The summed E-state index contributed by atoms with van der Waals surface area (Å²) in [5, 5.41) is 3.59. The van der Waals surface area contributed by atoms with Gasteiger partial charge in [-0.15, -0.1) is 0 Å². The molecule has 4 heteroatoms. The van der Waals surface area contributed by atoms with Gasteiger partial charge in [0.15, 0.2) is 0 Å². The zero-order valence-electron chi connectivity index (χ0n) is 12.7. The van der Waals surface area contributed by atoms with Crippen LogP contribution in [0.2, 0.25) is 0 Å². The summed E-state index contributed by atoms with van der Waals surface area (Å²) in [5.74, 6) is 0.603. The Morgan fingerprint density at radius 2 is 2.10 bits per heavy atom. The third kappa shape index (κ3) is 3.05. The van der Waals surface area contributed by atoms with Gasteiger partial charge in [0.25, 0.3) is 0 Å². The molecular formula is C17H22N4. The van der Waals surface area contributed by atoms with Crippen LogP contribution in [0, 0.1) is 12.8 Å². The largest absolute Gasteiger partial charge is 0.384 e. The lowest BCUT2D eigenvalue weighted by atomic mass is 9.94. The maximum absolute atomic E-state index is 4.28. The Kier molecular flexibility index (Phi) is 4.15. The zero-order valence-corrected chi connectivity index (χ0v) is 12.7. The summed E-state index contributed by atoms with van der Waals surface area (Å²) >= 11 is 0. The second-order valence-corrected chi connectivity index (χ2v) is 5.83. The minimum Gasteiger partial charge on any atom is -0.384 e. The zero-order chi connectivity index (χ0) is 14.7. The summed E-state index contributed by atoms with van der Waals surface area (Å²) in [7, 11) is 2.20. The average molecular weight is 282 g/mol. The smallest absolute Gasteiger partial charge is 0.0405 e. The van der Waals surface area contributed by atoms with Crippen molar-refractivity contribution in [3.05, 3.63) is 54.1 Å². The molecule has 0 aromatic carbocycles. The Morgan fingerprint density at radius 1 is 1.24 bits per heavy atom. The third-order valence-corrected chi connectivity index (χ3v) is 4.37. The number of rotatable bonds is 4. The van der Waals surface area contributed by atoms with Gasteiger partial charge in [-0.3, -0.25) is 14.9 Å². The molecule has 0 bridgehead atoms. The molecule has 110 valence electrons. The molecule has 2 aromatic heterocycles. The van der Waals surface area contributed by atoms with E-state index < -0.39 is 0 Å². The van der Waals surface area contributed by atoms with Crippen molar-refractivity contribution in [2.24, 2.45) is 5.92 Å². The molecule has 0 aliphatic carbocycles. The summed E-state index contributed by atoms with van der Waals surface area (Å²) in [4.78, 5) is 10.9. The van der Waals surface area contributed by atoms with Gasteiger partial charge in [-0.1, -0.05) is 6.07 Å². The van der Waals surface area contributed by atoms with Gasteiger partial charge in [0.05, 0.1) is 0 Å². The highest BCUT2D eigenvalue weighted by molar-refractivity contribution is 5.48. The van der Waals surface area contributed by atoms with Crippen molar-refractivity contribution in [1.29, 1.82) is 0 Å². The fourth-order valence-corrected chi connectivity index (χ4v) is 3.23. The minimum atomic E-state index is 0.452. The van der Waals surface area contributed by atoms with Crippen LogP contribution < -0.4 is 5.32 Å². The average Bonchev–Trinajstić information content (AvgIpc) is 2.88. The normalized spacial score (nSPS) is 22.4. The van der Waals surface area contributed by atoms with Crippen LogP contribution >= 0.6 is 0 Å². The molecule has 1 N–H and O–H groups in total. The van der Waals surface area contributed by atoms with Crippen LogP contribution in [0.4, 0.5) is 5.69 Å². The van der Waals surface area contributed by atoms with E-state index in [0.717, 1.165) is 13.1 Å². The van der Waals surface area contributed by atoms with E-state index in [0.29, 0.717) is 12.0 Å². The molecular weight excluding hydrogens is 260 g/mol. The predicted molar refractivity (Wildman–Crippen MR) is 85.2 cm³/mol. The van der Waals surface area contributed by atoms with Gasteiger partial charge in [-0.25, -0.2) is 0 Å². The van der Waals surface area contributed by atoms with Gasteiger partial charge in [0.2, 0.25) is 0 Å². The summed E-state index contributed by atoms with van der Waals surface area (Å²) in [5.41, 5.74) is 3.70. The Bertz CT molecular complexity index is 584. The fraction of sp³-hybridized carbons (Fsp3) is 0.412. The highest BCUT2D eigenvalue weighted by Crippen LogP contribution is 2.35. The van der Waals surface area contributed by atoms with Gasteiger partial charge >= 0.3 is 0 Å². The van der Waals surface area contributed by atoms with Crippen molar-refractivity contribution >= 4 is 5.69 Å². The Balaban J connectivity index is 1.71. The molecule has 0 radical (unpaired) electrons. The molecule has 21 heavy (non-hydrogen) atoms. The fourth-order valence-electron chi connectivity index (χ4n) is 3.23. The first kappa shape index (κ1) is 14.0. The van der Waals surface area contributed by atoms with Crippen molar-refractivity contribution in [2.45, 2.75) is 19.4 Å². The molecule has 0 unspecified atom stereocenters. The van der Waals surface area contributed by atoms with Gasteiger partial charge < -0.3 is 5.32 Å². The summed E-state index contributed by atoms with van der Waals surface area (Å²) < 4.78 is 0. The van der Waals surface area contributed by atoms with Crippen LogP contribution in [0.3, 0.4) is 0 Å². The monoisotopic (exact) mass is 282 g/mol. The van der Waals surface area contributed by atoms with Gasteiger partial charge in [-0.2, -0.15) is 0 Å². The number of likely N-dealkylation sites (tertiary alicyclic amines) is 1. The molecule has 1 aliphatic heterocycles. The molecule has 0 spiro atoms. The van der Waals surface area contributed by atoms with Crippen LogP contribution in [0.25, 0.3) is 0 Å². The molecule has 1 saturated heterocycles. The van der Waals surface area contributed by atoms with Crippen LogP contribution in [-0.2, 0) is 0 Å². The quantitative estimate of drug-likeness (QED) is 0.936. The maximum Gasteiger partial charge on any atom is 0.0405 e. The topological polar surface area (TPSA) is 41.1 Å². The van der Waals surface area contributed by atoms with Crippen molar-refractivity contribution in [3.63, 3.8) is 0 Å². The summed E-state index contributed by atoms with van der Waals surface area (Å²) in [6, 6.07) is 6.71. The van der Waals surface area contributed by atoms with Crippen molar-refractivity contribution in [2.75, 3.05) is 25.5 Å². The molecule has 2 atom stereocenters. The maximum atomic E-state index is 4.28. The first-order chi connectivity index (χ1) is 10.3. The van der Waals surface area contributed by atoms with E-state index in [9.17, 15) is 0 Å². The first-order valence-corrected chi connectivity index (χ1v) is 7.50. The van der Waals surface area contributed by atoms with Crippen LogP contribution in [0.15, 0.2) is 43.0 Å². The lowest BCUT2D eigenvalue weighted by molar-refractivity contribution is 0.281. The van der Waals surface area contributed by atoms with E-state index in [1.54, 1.807) is 0 Å². The standard InChI is InChI=1S/C17H22N4/c1-13-10-19-8-5-16(13)20-12-15-6-9-21(2)17(15)14-4-3-7-18-11-14/h3-5,7-8,10-11,15,17H,6,9,12H2,1-2H3,(H,19,20)/t15-,17-/m0/s1. The molecule has 3 rings (SSSR count). The van der Waals surface area contributed by atoms with Crippen molar-refractivity contribution in [1.82, 2.24) is 14.9 Å². The second kappa shape index (κ2) is 6.22. The van der Waals surface area contributed by atoms with E-state index in [1.165, 1.54) is 23.2 Å². The molecule has 0 amide bonds. The summed E-state index contributed by atoms with van der Waals surface area (Å²) in [6.07, 6.45) is 8.80. The molecule has 2 aromatic rings. The number of hydrogen-bond donors (Lipinski definition) is 1. The van der Waals surface area contributed by atoms with Crippen LogP contribution in [0.5, 0.6) is 0 Å². The molecule has 1 aliphatic rings. The van der Waals surface area contributed by atoms with E-state index in [4.69, 9.17) is 0 Å². The number of anilines is 1. The van der Waals surface area contributed by atoms with E-state index in [2.05, 4.69) is 40.2 Å². The Morgan fingerprint density at radius 3 is 2.86 bits per heavy atom. The highest BCUT2D eigenvalue weighted by atomic mass is 15.2. The molecule has 1 fully saturated rings. The van der Waals surface area contributed by atoms with Gasteiger partial charge in [-0.05, 0) is 56.1 Å². The minimum absolute atomic E-state index is 0.452. The van der Waals surface area contributed by atoms with Crippen LogP contribution in [0.1, 0.15) is 23.6 Å². The van der Waals surface area contributed by atoms with Crippen molar-refractivity contribution < 1.29 is 0 Å². The van der Waals surface area contributed by atoms with E-state index in [-0.39, 0.29) is 0 Å². The Labute approximate surface area is 126 Å². The lowest BCUT2D eigenvalue weighted by Crippen LogP contribution is -2.25. The number of aromatic nitrogens is 2. The Hall–Kier alpha value is -1.94. The van der Waals surface area contributed by atoms with Gasteiger partial charge in [0.1, 0.15) is 0 Å². The van der Waals surface area contributed by atoms with Crippen molar-refractivity contribution in [3.8, 4) is 0 Å². The number of aryl methyl sites for hydroxylation is 1. The summed E-state index contributed by atoms with van der Waals surface area (Å²) in [6.45, 7) is 4.21. The number of nitrogens with one attached hydrogen (secondary N) is 1. The lowest BCUT2D eigenvalue weighted by Gasteiger charge is -2.26. The van der Waals surface area contributed by atoms with E-state index >= 15 is 0 Å². The second-order valence-electron chi connectivity index (χ2n) is 5.83.